The Balaban J connectivity index is 1.13. The summed E-state index contributed by atoms with van der Waals surface area (Å²) in [5, 5.41) is 13.9. The third-order valence-electron chi connectivity index (χ3n) is 9.08. The smallest absolute Gasteiger partial charge is 0.359 e. The van der Waals surface area contributed by atoms with Gasteiger partial charge in [0.05, 0.1) is 39.4 Å². The molecule has 0 saturated carbocycles. The van der Waals surface area contributed by atoms with Gasteiger partial charge >= 0.3 is 5.97 Å². The number of ether oxygens (including phenoxy) is 1. The maximum Gasteiger partial charge on any atom is 0.359 e. The number of aromatic nitrogens is 4. The van der Waals surface area contributed by atoms with Gasteiger partial charge in [-0.1, -0.05) is 93.9 Å². The van der Waals surface area contributed by atoms with Crippen LogP contribution in [0.15, 0.2) is 84.9 Å². The predicted molar refractivity (Wildman–Crippen MR) is 215 cm³/mol. The first-order valence-corrected chi connectivity index (χ1v) is 19.0. The number of carbonyl (C=O) groups is 2. The minimum Gasteiger partial charge on any atom is -0.456 e. The normalized spacial score (nSPS) is 14.6. The molecular formula is C39H30Cl6N6O3. The van der Waals surface area contributed by atoms with Crippen LogP contribution < -0.4 is 5.43 Å². The van der Waals surface area contributed by atoms with E-state index in [1.54, 1.807) is 82.0 Å². The highest BCUT2D eigenvalue weighted by molar-refractivity contribution is 6.36. The number of nitrogens with zero attached hydrogens (tertiary/aromatic N) is 5. The first-order chi connectivity index (χ1) is 25.9. The van der Waals surface area contributed by atoms with Crippen molar-refractivity contribution in [1.29, 1.82) is 0 Å². The van der Waals surface area contributed by atoms with Crippen LogP contribution in [0.5, 0.6) is 0 Å². The van der Waals surface area contributed by atoms with Crippen LogP contribution in [0, 0.1) is 13.8 Å². The molecule has 6 aromatic rings. The monoisotopic (exact) mass is 840 g/mol. The molecule has 0 aliphatic carbocycles. The third kappa shape index (κ3) is 7.86. The SMILES string of the molecule is Cc1c(C(=O)NN2CCCC(OC(=O)c3nn(-c4ccc(Cl)cc4Cl)c(-c4ccc(Cl)cc4)c3C)C2)nn(-c2ccc(Cl)cc2Cl)c1-c1ccc(Cl)cc1. The number of hydrogen-bond donors (Lipinski definition) is 1. The zero-order valence-electron chi connectivity index (χ0n) is 28.7. The lowest BCUT2D eigenvalue weighted by atomic mass is 10.1. The van der Waals surface area contributed by atoms with E-state index in [1.807, 2.05) is 31.2 Å². The van der Waals surface area contributed by atoms with E-state index in [2.05, 4.69) is 5.43 Å². The molecule has 1 saturated heterocycles. The Morgan fingerprint density at radius 2 is 1.13 bits per heavy atom. The maximum absolute atomic E-state index is 13.9. The van der Waals surface area contributed by atoms with Crippen LogP contribution in [0.25, 0.3) is 33.9 Å². The molecule has 9 nitrogen and oxygen atoms in total. The highest BCUT2D eigenvalue weighted by atomic mass is 35.5. The fourth-order valence-electron chi connectivity index (χ4n) is 6.49. The highest BCUT2D eigenvalue weighted by Crippen LogP contribution is 2.35. The van der Waals surface area contributed by atoms with Gasteiger partial charge in [-0.25, -0.2) is 19.2 Å². The molecule has 1 aliphatic rings. The molecule has 7 rings (SSSR count). The van der Waals surface area contributed by atoms with E-state index in [0.717, 1.165) is 11.1 Å². The molecule has 1 aliphatic heterocycles. The zero-order valence-corrected chi connectivity index (χ0v) is 33.3. The number of nitrogens with one attached hydrogen (secondary N) is 1. The number of hydrazine groups is 1. The lowest BCUT2D eigenvalue weighted by Crippen LogP contribution is -2.50. The van der Waals surface area contributed by atoms with Gasteiger partial charge in [0.25, 0.3) is 5.91 Å². The molecule has 2 aromatic heterocycles. The molecule has 1 N–H and O–H groups in total. The largest absolute Gasteiger partial charge is 0.456 e. The van der Waals surface area contributed by atoms with Crippen LogP contribution in [0.3, 0.4) is 0 Å². The van der Waals surface area contributed by atoms with Gasteiger partial charge in [0.1, 0.15) is 6.10 Å². The van der Waals surface area contributed by atoms with E-state index in [9.17, 15) is 9.59 Å². The maximum atomic E-state index is 13.9. The number of halogens is 6. The van der Waals surface area contributed by atoms with Crippen molar-refractivity contribution in [3.05, 3.63) is 138 Å². The second kappa shape index (κ2) is 16.0. The van der Waals surface area contributed by atoms with Crippen molar-refractivity contribution in [3.8, 4) is 33.9 Å². The topological polar surface area (TPSA) is 94.3 Å². The Morgan fingerprint density at radius 3 is 1.63 bits per heavy atom. The number of benzene rings is 4. The van der Waals surface area contributed by atoms with Gasteiger partial charge in [-0.05, 0) is 87.4 Å². The van der Waals surface area contributed by atoms with E-state index < -0.39 is 18.0 Å². The van der Waals surface area contributed by atoms with Crippen LogP contribution in [0.4, 0.5) is 0 Å². The third-order valence-corrected chi connectivity index (χ3v) is 10.7. The number of hydrogen-bond acceptors (Lipinski definition) is 6. The van der Waals surface area contributed by atoms with Gasteiger partial charge in [-0.3, -0.25) is 10.2 Å². The Morgan fingerprint density at radius 1 is 0.667 bits per heavy atom. The predicted octanol–water partition coefficient (Wildman–Crippen LogP) is 10.9. The minimum atomic E-state index is -0.605. The van der Waals surface area contributed by atoms with Crippen LogP contribution in [0.1, 0.15) is 44.9 Å². The molecule has 1 amide bonds. The van der Waals surface area contributed by atoms with Crippen molar-refractivity contribution in [2.75, 3.05) is 13.1 Å². The summed E-state index contributed by atoms with van der Waals surface area (Å²) in [5.41, 5.74) is 8.48. The molecule has 15 heteroatoms. The first kappa shape index (κ1) is 38.2. The molecular weight excluding hydrogens is 813 g/mol. The summed E-state index contributed by atoms with van der Waals surface area (Å²) in [6.07, 6.45) is 0.714. The molecule has 1 atom stereocenters. The van der Waals surface area contributed by atoms with Crippen LogP contribution in [0.2, 0.25) is 30.1 Å². The fraction of sp³-hybridized carbons (Fsp3) is 0.179. The number of esters is 1. The minimum absolute atomic E-state index is 0.129. The zero-order chi connectivity index (χ0) is 38.3. The van der Waals surface area contributed by atoms with Gasteiger partial charge in [0.2, 0.25) is 0 Å². The standard InChI is InChI=1S/C39H30Cl6N6O3/c1-21-34(46-50(32-15-13-27(42)18-30(32)44)36(21)23-5-9-25(40)10-6-23)38(52)48-49-17-3-4-29(20-49)54-39(53)35-22(2)37(24-7-11-26(41)12-8-24)51(47-35)33-16-14-28(43)19-31(33)45/h5-16,18-19,29H,3-4,17,20H2,1-2H3,(H,48,52). The summed E-state index contributed by atoms with van der Waals surface area (Å²) in [6.45, 7) is 4.41. The summed E-state index contributed by atoms with van der Waals surface area (Å²) in [5.74, 6) is -1.03. The van der Waals surface area contributed by atoms with Crippen molar-refractivity contribution in [3.63, 3.8) is 0 Å². The first-order valence-electron chi connectivity index (χ1n) is 16.8. The molecule has 276 valence electrons. The molecule has 0 radical (unpaired) electrons. The summed E-state index contributed by atoms with van der Waals surface area (Å²) in [4.78, 5) is 27.7. The van der Waals surface area contributed by atoms with Gasteiger partial charge in [0, 0.05) is 48.9 Å². The van der Waals surface area contributed by atoms with E-state index >= 15 is 0 Å². The number of amides is 1. The van der Waals surface area contributed by atoms with Crippen molar-refractivity contribution in [2.24, 2.45) is 0 Å². The Bertz CT molecular complexity index is 2230. The summed E-state index contributed by atoms with van der Waals surface area (Å²) in [7, 11) is 0. The highest BCUT2D eigenvalue weighted by Gasteiger charge is 2.31. The summed E-state index contributed by atoms with van der Waals surface area (Å²) >= 11 is 38.0. The average Bonchev–Trinajstić information content (AvgIpc) is 3.65. The van der Waals surface area contributed by atoms with E-state index in [4.69, 9.17) is 84.5 Å². The molecule has 1 unspecified atom stereocenters. The molecule has 54 heavy (non-hydrogen) atoms. The van der Waals surface area contributed by atoms with Gasteiger partial charge < -0.3 is 4.74 Å². The molecule has 4 aromatic carbocycles. The second-order valence-corrected chi connectivity index (χ2v) is 15.3. The second-order valence-electron chi connectivity index (χ2n) is 12.7. The Hall–Kier alpha value is -4.06. The van der Waals surface area contributed by atoms with Crippen LogP contribution in [-0.2, 0) is 4.74 Å². The Labute approximate surface area is 341 Å². The Kier molecular flexibility index (Phi) is 11.3. The number of piperidine rings is 1. The lowest BCUT2D eigenvalue weighted by Gasteiger charge is -2.32. The van der Waals surface area contributed by atoms with E-state index in [1.165, 1.54) is 0 Å². The molecule has 0 spiro atoms. The summed E-state index contributed by atoms with van der Waals surface area (Å²) in [6, 6.07) is 24.6. The van der Waals surface area contributed by atoms with E-state index in [-0.39, 0.29) is 17.9 Å². The lowest BCUT2D eigenvalue weighted by molar-refractivity contribution is -0.00264. The van der Waals surface area contributed by atoms with Gasteiger partial charge in [-0.15, -0.1) is 0 Å². The number of rotatable bonds is 8. The van der Waals surface area contributed by atoms with Crippen molar-refractivity contribution < 1.29 is 14.3 Å². The average molecular weight is 843 g/mol. The van der Waals surface area contributed by atoms with Gasteiger partial charge in [0.15, 0.2) is 11.4 Å². The van der Waals surface area contributed by atoms with Crippen molar-refractivity contribution in [1.82, 2.24) is 30.0 Å². The van der Waals surface area contributed by atoms with Crippen molar-refractivity contribution in [2.45, 2.75) is 32.8 Å². The molecule has 0 bridgehead atoms. The van der Waals surface area contributed by atoms with Gasteiger partial charge in [-0.2, -0.15) is 10.2 Å². The molecule has 1 fully saturated rings. The van der Waals surface area contributed by atoms with Crippen molar-refractivity contribution >= 4 is 81.5 Å². The summed E-state index contributed by atoms with van der Waals surface area (Å²) < 4.78 is 9.28. The fourth-order valence-corrected chi connectivity index (χ4v) is 7.72. The van der Waals surface area contributed by atoms with E-state index in [0.29, 0.717) is 83.4 Å². The van der Waals surface area contributed by atoms with Crippen LogP contribution in [-0.4, -0.2) is 55.6 Å². The molecule has 3 heterocycles. The quantitative estimate of drug-likeness (QED) is 0.153. The number of carbonyl (C=O) groups excluding carboxylic acids is 2. The van der Waals surface area contributed by atoms with Crippen LogP contribution >= 0.6 is 69.6 Å².